The SMILES string of the molecule is CC[S@](=O)[C@@H]1CCC[C@@H](N[C@@H](C)c2ccc(C)c([N+](=O)[O-])c2)C1. The van der Waals surface area contributed by atoms with Crippen molar-refractivity contribution in [3.8, 4) is 0 Å². The highest BCUT2D eigenvalue weighted by Crippen LogP contribution is 2.27. The van der Waals surface area contributed by atoms with Crippen molar-refractivity contribution in [2.45, 2.75) is 63.8 Å². The maximum Gasteiger partial charge on any atom is 0.272 e. The number of hydrogen-bond acceptors (Lipinski definition) is 4. The molecule has 6 heteroatoms. The number of nitro groups is 1. The Kier molecular flexibility index (Phi) is 6.30. The van der Waals surface area contributed by atoms with Crippen molar-refractivity contribution in [1.82, 2.24) is 5.32 Å². The topological polar surface area (TPSA) is 72.2 Å². The molecule has 0 saturated heterocycles. The van der Waals surface area contributed by atoms with Crippen LogP contribution in [0.25, 0.3) is 0 Å². The fourth-order valence-electron chi connectivity index (χ4n) is 3.31. The van der Waals surface area contributed by atoms with E-state index < -0.39 is 10.8 Å². The molecule has 0 aliphatic heterocycles. The minimum absolute atomic E-state index is 0.0492. The van der Waals surface area contributed by atoms with Gasteiger partial charge in [-0.2, -0.15) is 0 Å². The molecule has 2 rings (SSSR count). The summed E-state index contributed by atoms with van der Waals surface area (Å²) in [5.41, 5.74) is 1.79. The third kappa shape index (κ3) is 4.61. The van der Waals surface area contributed by atoms with E-state index in [1.54, 1.807) is 13.0 Å². The van der Waals surface area contributed by atoms with Crippen LogP contribution in [-0.2, 0) is 10.8 Å². The van der Waals surface area contributed by atoms with Gasteiger partial charge in [0.25, 0.3) is 5.69 Å². The molecule has 0 bridgehead atoms. The van der Waals surface area contributed by atoms with Crippen molar-refractivity contribution in [2.24, 2.45) is 0 Å². The predicted octanol–water partition coefficient (Wildman–Crippen LogP) is 3.63. The van der Waals surface area contributed by atoms with E-state index >= 15 is 0 Å². The molecule has 128 valence electrons. The molecular weight excluding hydrogens is 312 g/mol. The summed E-state index contributed by atoms with van der Waals surface area (Å²) in [5, 5.41) is 14.9. The van der Waals surface area contributed by atoms with Gasteiger partial charge in [-0.3, -0.25) is 14.3 Å². The molecule has 0 heterocycles. The molecule has 0 aromatic heterocycles. The van der Waals surface area contributed by atoms with E-state index in [-0.39, 0.29) is 21.9 Å². The van der Waals surface area contributed by atoms with Gasteiger partial charge >= 0.3 is 0 Å². The molecule has 0 amide bonds. The first-order valence-electron chi connectivity index (χ1n) is 8.30. The molecule has 1 aromatic rings. The second-order valence-corrected chi connectivity index (χ2v) is 8.35. The van der Waals surface area contributed by atoms with Gasteiger partial charge in [-0.25, -0.2) is 0 Å². The van der Waals surface area contributed by atoms with Gasteiger partial charge in [0.05, 0.1) is 4.92 Å². The van der Waals surface area contributed by atoms with Gasteiger partial charge in [-0.1, -0.05) is 25.5 Å². The van der Waals surface area contributed by atoms with Crippen molar-refractivity contribution in [1.29, 1.82) is 0 Å². The Hall–Kier alpha value is -1.27. The zero-order chi connectivity index (χ0) is 17.0. The Morgan fingerprint density at radius 1 is 1.43 bits per heavy atom. The normalized spacial score (nSPS) is 24.1. The fraction of sp³-hybridized carbons (Fsp3) is 0.647. The highest BCUT2D eigenvalue weighted by molar-refractivity contribution is 7.85. The van der Waals surface area contributed by atoms with Crippen LogP contribution in [0.15, 0.2) is 18.2 Å². The summed E-state index contributed by atoms with van der Waals surface area (Å²) < 4.78 is 12.0. The smallest absolute Gasteiger partial charge is 0.272 e. The van der Waals surface area contributed by atoms with E-state index in [1.165, 1.54) is 0 Å². The number of aryl methyl sites for hydroxylation is 1. The van der Waals surface area contributed by atoms with Gasteiger partial charge in [0.2, 0.25) is 0 Å². The van der Waals surface area contributed by atoms with Gasteiger partial charge in [-0.15, -0.1) is 0 Å². The van der Waals surface area contributed by atoms with E-state index in [9.17, 15) is 14.3 Å². The molecule has 1 N–H and O–H groups in total. The lowest BCUT2D eigenvalue weighted by Crippen LogP contribution is -2.39. The summed E-state index contributed by atoms with van der Waals surface area (Å²) in [4.78, 5) is 10.8. The fourth-order valence-corrected chi connectivity index (χ4v) is 4.66. The average Bonchev–Trinajstić information content (AvgIpc) is 2.54. The van der Waals surface area contributed by atoms with Gasteiger partial charge in [0.1, 0.15) is 0 Å². The van der Waals surface area contributed by atoms with Crippen LogP contribution in [0.1, 0.15) is 56.7 Å². The Bertz CT molecular complexity index is 591. The summed E-state index contributed by atoms with van der Waals surface area (Å²) in [7, 11) is -0.736. The van der Waals surface area contributed by atoms with Crippen molar-refractivity contribution in [2.75, 3.05) is 5.75 Å². The number of benzene rings is 1. The van der Waals surface area contributed by atoms with Crippen molar-refractivity contribution >= 4 is 16.5 Å². The first kappa shape index (κ1) is 18.1. The minimum Gasteiger partial charge on any atom is -0.307 e. The van der Waals surface area contributed by atoms with Crippen molar-refractivity contribution < 1.29 is 9.13 Å². The van der Waals surface area contributed by atoms with Crippen LogP contribution < -0.4 is 5.32 Å². The summed E-state index contributed by atoms with van der Waals surface area (Å²) in [6.07, 6.45) is 4.15. The first-order chi connectivity index (χ1) is 10.9. The summed E-state index contributed by atoms with van der Waals surface area (Å²) in [5.74, 6) is 0.719. The lowest BCUT2D eigenvalue weighted by atomic mass is 9.93. The number of nitrogens with one attached hydrogen (secondary N) is 1. The Morgan fingerprint density at radius 3 is 2.83 bits per heavy atom. The average molecular weight is 338 g/mol. The number of nitrogens with zero attached hydrogens (tertiary/aromatic N) is 1. The van der Waals surface area contributed by atoms with Crippen molar-refractivity contribution in [3.63, 3.8) is 0 Å². The molecule has 1 saturated carbocycles. The highest BCUT2D eigenvalue weighted by Gasteiger charge is 2.26. The molecule has 0 spiro atoms. The van der Waals surface area contributed by atoms with Crippen LogP contribution in [-0.4, -0.2) is 26.2 Å². The van der Waals surface area contributed by atoms with Gasteiger partial charge in [-0.05, 0) is 38.7 Å². The van der Waals surface area contributed by atoms with Gasteiger partial charge in [0, 0.05) is 45.5 Å². The molecular formula is C17H26N2O3S. The maximum absolute atomic E-state index is 12.0. The molecule has 1 aliphatic carbocycles. The van der Waals surface area contributed by atoms with Crippen LogP contribution in [0.3, 0.4) is 0 Å². The number of hydrogen-bond donors (Lipinski definition) is 1. The molecule has 23 heavy (non-hydrogen) atoms. The monoisotopic (exact) mass is 338 g/mol. The summed E-state index contributed by atoms with van der Waals surface area (Å²) >= 11 is 0. The zero-order valence-corrected chi connectivity index (χ0v) is 14.9. The lowest BCUT2D eigenvalue weighted by Gasteiger charge is -2.31. The summed E-state index contributed by atoms with van der Waals surface area (Å²) in [6, 6.07) is 5.80. The molecule has 1 aliphatic rings. The standard InChI is InChI=1S/C17H26N2O3S/c1-4-23(22)16-7-5-6-15(11-16)18-13(3)14-9-8-12(2)17(10-14)19(20)21/h8-10,13,15-16,18H,4-7,11H2,1-3H3/t13-,15+,16+,23-/m0/s1. The Morgan fingerprint density at radius 2 is 2.17 bits per heavy atom. The van der Waals surface area contributed by atoms with Crippen LogP contribution in [0, 0.1) is 17.0 Å². The second kappa shape index (κ2) is 8.02. The molecule has 4 atom stereocenters. The maximum atomic E-state index is 12.0. The van der Waals surface area contributed by atoms with Gasteiger partial charge in [0.15, 0.2) is 0 Å². The third-order valence-electron chi connectivity index (χ3n) is 4.70. The van der Waals surface area contributed by atoms with Crippen molar-refractivity contribution in [3.05, 3.63) is 39.4 Å². The molecule has 5 nitrogen and oxygen atoms in total. The van der Waals surface area contributed by atoms with Gasteiger partial charge < -0.3 is 5.32 Å². The largest absolute Gasteiger partial charge is 0.307 e. The van der Waals surface area contributed by atoms with E-state index in [2.05, 4.69) is 5.32 Å². The Labute approximate surface area is 140 Å². The van der Waals surface area contributed by atoms with Crippen LogP contribution in [0.5, 0.6) is 0 Å². The first-order valence-corrected chi connectivity index (χ1v) is 9.68. The quantitative estimate of drug-likeness (QED) is 0.635. The Balaban J connectivity index is 2.04. The van der Waals surface area contributed by atoms with E-state index in [0.29, 0.717) is 11.6 Å². The van der Waals surface area contributed by atoms with E-state index in [0.717, 1.165) is 37.0 Å². The molecule has 1 fully saturated rings. The van der Waals surface area contributed by atoms with Crippen LogP contribution >= 0.6 is 0 Å². The third-order valence-corrected chi connectivity index (χ3v) is 6.44. The van der Waals surface area contributed by atoms with E-state index in [1.807, 2.05) is 26.0 Å². The zero-order valence-electron chi connectivity index (χ0n) is 14.1. The van der Waals surface area contributed by atoms with E-state index in [4.69, 9.17) is 0 Å². The minimum atomic E-state index is -0.736. The second-order valence-electron chi connectivity index (χ2n) is 6.35. The lowest BCUT2D eigenvalue weighted by molar-refractivity contribution is -0.385. The predicted molar refractivity (Wildman–Crippen MR) is 94.1 cm³/mol. The molecule has 0 radical (unpaired) electrons. The van der Waals surface area contributed by atoms with Crippen LogP contribution in [0.2, 0.25) is 0 Å². The summed E-state index contributed by atoms with van der Waals surface area (Å²) in [6.45, 7) is 5.77. The van der Waals surface area contributed by atoms with Crippen LogP contribution in [0.4, 0.5) is 5.69 Å². The molecule has 0 unspecified atom stereocenters. The molecule has 1 aromatic carbocycles. The highest BCUT2D eigenvalue weighted by atomic mass is 32.2. The number of rotatable bonds is 6. The number of nitro benzene ring substituents is 1.